The number of para-hydroxylation sites is 1. The van der Waals surface area contributed by atoms with E-state index in [0.29, 0.717) is 28.8 Å². The summed E-state index contributed by atoms with van der Waals surface area (Å²) in [6.45, 7) is 3.67. The van der Waals surface area contributed by atoms with Crippen LogP contribution in [0.4, 0.5) is 0 Å². The third-order valence-corrected chi connectivity index (χ3v) is 4.86. The van der Waals surface area contributed by atoms with E-state index >= 15 is 0 Å². The molecule has 0 aliphatic carbocycles. The van der Waals surface area contributed by atoms with Gasteiger partial charge in [0, 0.05) is 30.4 Å². The summed E-state index contributed by atoms with van der Waals surface area (Å²) >= 11 is 7.46. The molecule has 3 aromatic rings. The highest BCUT2D eigenvalue weighted by Gasteiger charge is 2.10. The van der Waals surface area contributed by atoms with Crippen molar-refractivity contribution in [2.24, 2.45) is 0 Å². The third kappa shape index (κ3) is 4.61. The number of carbonyl (C=O) groups excluding carboxylic acids is 1. The number of rotatable bonds is 7. The number of ether oxygens (including phenoxy) is 1. The highest BCUT2D eigenvalue weighted by molar-refractivity contribution is 7.12. The number of nitrogens with zero attached hydrogens (tertiary/aromatic N) is 2. The molecule has 0 saturated heterocycles. The second-order valence-electron chi connectivity index (χ2n) is 5.43. The summed E-state index contributed by atoms with van der Waals surface area (Å²) in [6.07, 6.45) is 3.69. The number of aryl methyl sites for hydroxylation is 1. The van der Waals surface area contributed by atoms with Gasteiger partial charge in [0.2, 0.25) is 0 Å². The Morgan fingerprint density at radius 3 is 2.96 bits per heavy atom. The van der Waals surface area contributed by atoms with Gasteiger partial charge in [0.05, 0.1) is 16.1 Å². The molecule has 3 rings (SSSR count). The van der Waals surface area contributed by atoms with Gasteiger partial charge in [-0.25, -0.2) is 0 Å². The predicted molar refractivity (Wildman–Crippen MR) is 99.2 cm³/mol. The maximum absolute atomic E-state index is 12.2. The van der Waals surface area contributed by atoms with Crippen LogP contribution >= 0.6 is 22.9 Å². The van der Waals surface area contributed by atoms with Crippen molar-refractivity contribution < 1.29 is 9.53 Å². The van der Waals surface area contributed by atoms with Crippen molar-refractivity contribution in [3.05, 3.63) is 69.1 Å². The summed E-state index contributed by atoms with van der Waals surface area (Å²) < 4.78 is 7.52. The van der Waals surface area contributed by atoms with Gasteiger partial charge in [-0.15, -0.1) is 11.3 Å². The van der Waals surface area contributed by atoms with Crippen LogP contribution < -0.4 is 10.1 Å². The molecule has 0 unspecified atom stereocenters. The number of aromatic nitrogens is 2. The Bertz CT molecular complexity index is 859. The first kappa shape index (κ1) is 17.5. The second-order valence-corrected chi connectivity index (χ2v) is 6.74. The van der Waals surface area contributed by atoms with Crippen molar-refractivity contribution in [2.75, 3.05) is 0 Å². The molecule has 25 heavy (non-hydrogen) atoms. The quantitative estimate of drug-likeness (QED) is 0.675. The van der Waals surface area contributed by atoms with Gasteiger partial charge >= 0.3 is 0 Å². The fraction of sp³-hybridized carbons (Fsp3) is 0.222. The molecular weight excluding hydrogens is 358 g/mol. The Kier molecular flexibility index (Phi) is 5.73. The first-order chi connectivity index (χ1) is 12.2. The molecule has 1 N–H and O–H groups in total. The highest BCUT2D eigenvalue weighted by Crippen LogP contribution is 2.25. The molecule has 1 aromatic carbocycles. The molecule has 0 atom stereocenters. The summed E-state index contributed by atoms with van der Waals surface area (Å²) in [4.78, 5) is 12.9. The number of amides is 1. The molecule has 2 heterocycles. The van der Waals surface area contributed by atoms with Crippen LogP contribution in [0, 0.1) is 0 Å². The normalized spacial score (nSPS) is 10.6. The van der Waals surface area contributed by atoms with E-state index in [-0.39, 0.29) is 5.91 Å². The highest BCUT2D eigenvalue weighted by atomic mass is 35.5. The van der Waals surface area contributed by atoms with E-state index in [9.17, 15) is 4.79 Å². The van der Waals surface area contributed by atoms with Crippen molar-refractivity contribution in [1.29, 1.82) is 0 Å². The lowest BCUT2D eigenvalue weighted by atomic mass is 10.3. The largest absolute Gasteiger partial charge is 0.487 e. The third-order valence-electron chi connectivity index (χ3n) is 3.57. The lowest BCUT2D eigenvalue weighted by Gasteiger charge is -2.06. The maximum Gasteiger partial charge on any atom is 0.261 e. The van der Waals surface area contributed by atoms with E-state index in [2.05, 4.69) is 10.4 Å². The Hall–Kier alpha value is -2.31. The number of carbonyl (C=O) groups is 1. The van der Waals surface area contributed by atoms with Crippen LogP contribution in [-0.4, -0.2) is 15.7 Å². The number of hydrogen-bond donors (Lipinski definition) is 1. The summed E-state index contributed by atoms with van der Waals surface area (Å²) in [5.74, 6) is 0.535. The predicted octanol–water partition coefficient (Wildman–Crippen LogP) is 4.13. The zero-order chi connectivity index (χ0) is 17.6. The molecule has 0 aliphatic rings. The molecule has 0 spiro atoms. The zero-order valence-electron chi connectivity index (χ0n) is 13.7. The number of thiophene rings is 1. The molecule has 0 saturated carbocycles. The summed E-state index contributed by atoms with van der Waals surface area (Å²) in [5, 5.41) is 9.59. The first-order valence-electron chi connectivity index (χ1n) is 7.90. The topological polar surface area (TPSA) is 56.2 Å². The Morgan fingerprint density at radius 1 is 1.36 bits per heavy atom. The van der Waals surface area contributed by atoms with E-state index in [4.69, 9.17) is 16.3 Å². The Morgan fingerprint density at radius 2 is 2.20 bits per heavy atom. The van der Waals surface area contributed by atoms with E-state index < -0.39 is 0 Å². The molecule has 0 fully saturated rings. The van der Waals surface area contributed by atoms with E-state index in [1.807, 2.05) is 47.4 Å². The molecule has 2 aromatic heterocycles. The number of halogens is 1. The van der Waals surface area contributed by atoms with E-state index in [1.165, 1.54) is 11.3 Å². The van der Waals surface area contributed by atoms with Crippen LogP contribution in [0.3, 0.4) is 0 Å². The van der Waals surface area contributed by atoms with E-state index in [0.717, 1.165) is 17.7 Å². The van der Waals surface area contributed by atoms with Gasteiger partial charge in [0.1, 0.15) is 12.4 Å². The molecule has 0 aliphatic heterocycles. The van der Waals surface area contributed by atoms with Crippen LogP contribution in [0.2, 0.25) is 5.02 Å². The van der Waals surface area contributed by atoms with Crippen LogP contribution in [0.15, 0.2) is 48.1 Å². The number of benzene rings is 1. The molecular formula is C18H18ClN3O2S. The zero-order valence-corrected chi connectivity index (χ0v) is 15.3. The monoisotopic (exact) mass is 375 g/mol. The minimum atomic E-state index is -0.0989. The summed E-state index contributed by atoms with van der Waals surface area (Å²) in [5.41, 5.74) is 1.92. The lowest BCUT2D eigenvalue weighted by molar-refractivity contribution is 0.0955. The van der Waals surface area contributed by atoms with Crippen LogP contribution in [0.1, 0.15) is 27.7 Å². The Labute approximate surface area is 155 Å². The fourth-order valence-electron chi connectivity index (χ4n) is 2.23. The summed E-state index contributed by atoms with van der Waals surface area (Å²) in [6, 6.07) is 9.16. The van der Waals surface area contributed by atoms with Gasteiger partial charge in [0.25, 0.3) is 5.91 Å². The van der Waals surface area contributed by atoms with Gasteiger partial charge in [-0.05, 0) is 30.5 Å². The number of hydrogen-bond acceptors (Lipinski definition) is 4. The van der Waals surface area contributed by atoms with Crippen molar-refractivity contribution in [3.63, 3.8) is 0 Å². The minimum absolute atomic E-state index is 0.0989. The van der Waals surface area contributed by atoms with Crippen LogP contribution in [0.5, 0.6) is 5.75 Å². The minimum Gasteiger partial charge on any atom is -0.487 e. The fourth-order valence-corrected chi connectivity index (χ4v) is 3.24. The average molecular weight is 376 g/mol. The van der Waals surface area contributed by atoms with Gasteiger partial charge in [-0.2, -0.15) is 5.10 Å². The lowest BCUT2D eigenvalue weighted by Crippen LogP contribution is -2.21. The molecule has 0 bridgehead atoms. The Balaban J connectivity index is 1.53. The molecule has 130 valence electrons. The van der Waals surface area contributed by atoms with Crippen molar-refractivity contribution in [1.82, 2.24) is 15.1 Å². The van der Waals surface area contributed by atoms with Crippen LogP contribution in [0.25, 0.3) is 0 Å². The first-order valence-corrected chi connectivity index (χ1v) is 9.15. The molecule has 7 heteroatoms. The SMILES string of the molecule is CCn1cc(CNC(=O)c2cc(COc3ccccc3Cl)cs2)cn1. The molecule has 0 radical (unpaired) electrons. The molecule has 1 amide bonds. The number of nitrogens with one attached hydrogen (secondary N) is 1. The smallest absolute Gasteiger partial charge is 0.261 e. The van der Waals surface area contributed by atoms with Crippen LogP contribution in [-0.2, 0) is 19.7 Å². The van der Waals surface area contributed by atoms with Crippen molar-refractivity contribution in [2.45, 2.75) is 26.6 Å². The second kappa shape index (κ2) is 8.18. The van der Waals surface area contributed by atoms with Gasteiger partial charge in [0.15, 0.2) is 0 Å². The van der Waals surface area contributed by atoms with Gasteiger partial charge in [-0.1, -0.05) is 23.7 Å². The van der Waals surface area contributed by atoms with Crippen molar-refractivity contribution in [3.8, 4) is 5.75 Å². The molecule has 5 nitrogen and oxygen atoms in total. The van der Waals surface area contributed by atoms with Crippen molar-refractivity contribution >= 4 is 28.8 Å². The van der Waals surface area contributed by atoms with E-state index in [1.54, 1.807) is 12.3 Å². The summed E-state index contributed by atoms with van der Waals surface area (Å²) in [7, 11) is 0. The standard InChI is InChI=1S/C18H18ClN3O2S/c1-2-22-10-14(9-21-22)8-20-18(23)17-7-13(12-25-17)11-24-16-6-4-3-5-15(16)19/h3-7,9-10,12H,2,8,11H2,1H3,(H,20,23). The average Bonchev–Trinajstić information content (AvgIpc) is 3.28. The van der Waals surface area contributed by atoms with Gasteiger partial charge < -0.3 is 10.1 Å². The van der Waals surface area contributed by atoms with Gasteiger partial charge in [-0.3, -0.25) is 9.48 Å². The maximum atomic E-state index is 12.2.